The number of benzene rings is 1. The summed E-state index contributed by atoms with van der Waals surface area (Å²) in [4.78, 5) is 16.3. The van der Waals surface area contributed by atoms with Gasteiger partial charge < -0.3 is 9.67 Å². The van der Waals surface area contributed by atoms with Crippen LogP contribution in [0, 0.1) is 5.92 Å². The van der Waals surface area contributed by atoms with E-state index in [0.29, 0.717) is 5.56 Å². The average molecular weight is 286 g/mol. The van der Waals surface area contributed by atoms with E-state index >= 15 is 0 Å². The minimum Gasteiger partial charge on any atom is -0.478 e. The van der Waals surface area contributed by atoms with Gasteiger partial charge in [-0.1, -0.05) is 39.7 Å². The number of carbonyl (C=O) groups is 1. The largest absolute Gasteiger partial charge is 0.478 e. The molecule has 4 nitrogen and oxygen atoms in total. The van der Waals surface area contributed by atoms with Crippen molar-refractivity contribution >= 4 is 17.0 Å². The predicted molar refractivity (Wildman–Crippen MR) is 82.7 cm³/mol. The minimum atomic E-state index is -0.881. The lowest BCUT2D eigenvalue weighted by atomic mass is 9.95. The van der Waals surface area contributed by atoms with E-state index in [1.807, 2.05) is 6.07 Å². The van der Waals surface area contributed by atoms with Crippen molar-refractivity contribution in [1.82, 2.24) is 9.55 Å². The van der Waals surface area contributed by atoms with Crippen LogP contribution in [0.2, 0.25) is 0 Å². The molecular formula is C17H22N2O2. The van der Waals surface area contributed by atoms with Gasteiger partial charge in [0.15, 0.2) is 0 Å². The third kappa shape index (κ3) is 2.67. The number of hydrogen-bond donors (Lipinski definition) is 1. The maximum absolute atomic E-state index is 11.5. The number of fused-ring (bicyclic) bond motifs is 1. The first-order valence-corrected chi connectivity index (χ1v) is 7.61. The van der Waals surface area contributed by atoms with Crippen molar-refractivity contribution in [2.75, 3.05) is 0 Å². The molecule has 1 aromatic heterocycles. The number of rotatable bonds is 4. The van der Waals surface area contributed by atoms with Crippen LogP contribution in [0.15, 0.2) is 18.2 Å². The molecule has 1 fully saturated rings. The fourth-order valence-electron chi connectivity index (χ4n) is 2.87. The highest BCUT2D eigenvalue weighted by atomic mass is 16.4. The summed E-state index contributed by atoms with van der Waals surface area (Å²) in [6.45, 7) is 7.24. The predicted octanol–water partition coefficient (Wildman–Crippen LogP) is 3.83. The van der Waals surface area contributed by atoms with Gasteiger partial charge in [-0.05, 0) is 24.5 Å². The topological polar surface area (TPSA) is 55.1 Å². The lowest BCUT2D eigenvalue weighted by molar-refractivity contribution is 0.0698. The highest BCUT2D eigenvalue weighted by molar-refractivity contribution is 6.01. The molecule has 1 saturated carbocycles. The molecule has 112 valence electrons. The molecule has 0 radical (unpaired) electrons. The molecule has 1 N–H and O–H groups in total. The zero-order valence-corrected chi connectivity index (χ0v) is 12.9. The Hall–Kier alpha value is -1.84. The molecule has 0 saturated heterocycles. The van der Waals surface area contributed by atoms with Crippen molar-refractivity contribution in [2.24, 2.45) is 5.92 Å². The first-order valence-electron chi connectivity index (χ1n) is 7.61. The molecular weight excluding hydrogens is 264 g/mol. The van der Waals surface area contributed by atoms with Crippen molar-refractivity contribution < 1.29 is 9.90 Å². The van der Waals surface area contributed by atoms with E-state index in [0.717, 1.165) is 35.7 Å². The highest BCUT2D eigenvalue weighted by Gasteiger charge is 2.27. The fourth-order valence-corrected chi connectivity index (χ4v) is 2.87. The molecule has 0 amide bonds. The maximum atomic E-state index is 11.5. The Morgan fingerprint density at radius 3 is 2.67 bits per heavy atom. The molecule has 0 bridgehead atoms. The van der Waals surface area contributed by atoms with Crippen LogP contribution < -0.4 is 0 Å². The van der Waals surface area contributed by atoms with Gasteiger partial charge in [-0.2, -0.15) is 0 Å². The van der Waals surface area contributed by atoms with Gasteiger partial charge in [0.25, 0.3) is 0 Å². The summed E-state index contributed by atoms with van der Waals surface area (Å²) in [6, 6.07) is 5.35. The minimum absolute atomic E-state index is 0.0989. The number of carboxylic acid groups (broad SMARTS) is 1. The Labute approximate surface area is 124 Å². The zero-order valence-electron chi connectivity index (χ0n) is 12.9. The zero-order chi connectivity index (χ0) is 15.2. The number of aromatic nitrogens is 2. The lowest BCUT2D eigenvalue weighted by Crippen LogP contribution is -2.20. The van der Waals surface area contributed by atoms with Crippen LogP contribution in [-0.2, 0) is 12.0 Å². The SMILES string of the molecule is CC(C)(C)c1nc2cccc(C(=O)O)c2n1CCC1CC1. The average Bonchev–Trinajstić information content (AvgIpc) is 3.14. The summed E-state index contributed by atoms with van der Waals surface area (Å²) in [5, 5.41) is 9.47. The van der Waals surface area contributed by atoms with Gasteiger partial charge in [0, 0.05) is 12.0 Å². The molecule has 3 rings (SSSR count). The molecule has 0 unspecified atom stereocenters. The number of imidazole rings is 1. The Morgan fingerprint density at radius 1 is 1.38 bits per heavy atom. The normalized spacial score (nSPS) is 15.6. The number of aryl methyl sites for hydroxylation is 1. The summed E-state index contributed by atoms with van der Waals surface area (Å²) >= 11 is 0. The smallest absolute Gasteiger partial charge is 0.337 e. The van der Waals surface area contributed by atoms with E-state index in [1.165, 1.54) is 12.8 Å². The second-order valence-corrected chi connectivity index (χ2v) is 7.05. The number of carboxylic acids is 1. The second-order valence-electron chi connectivity index (χ2n) is 7.05. The molecule has 4 heteroatoms. The monoisotopic (exact) mass is 286 g/mol. The summed E-state index contributed by atoms with van der Waals surface area (Å²) in [7, 11) is 0. The molecule has 2 aromatic rings. The van der Waals surface area contributed by atoms with Crippen molar-refractivity contribution in [3.63, 3.8) is 0 Å². The Kier molecular flexibility index (Phi) is 3.27. The van der Waals surface area contributed by atoms with Crippen LogP contribution >= 0.6 is 0 Å². The molecule has 1 aromatic carbocycles. The van der Waals surface area contributed by atoms with E-state index in [-0.39, 0.29) is 5.41 Å². The van der Waals surface area contributed by atoms with Gasteiger partial charge in [-0.3, -0.25) is 0 Å². The van der Waals surface area contributed by atoms with E-state index in [1.54, 1.807) is 12.1 Å². The first-order chi connectivity index (χ1) is 9.88. The van der Waals surface area contributed by atoms with Crippen molar-refractivity contribution in [1.29, 1.82) is 0 Å². The van der Waals surface area contributed by atoms with Gasteiger partial charge in [0.05, 0.1) is 16.6 Å². The Bertz CT molecular complexity index is 691. The Balaban J connectivity index is 2.18. The van der Waals surface area contributed by atoms with E-state index in [4.69, 9.17) is 4.98 Å². The second kappa shape index (κ2) is 4.86. The highest BCUT2D eigenvalue weighted by Crippen LogP contribution is 2.35. The van der Waals surface area contributed by atoms with Gasteiger partial charge >= 0.3 is 5.97 Å². The summed E-state index contributed by atoms with van der Waals surface area (Å²) < 4.78 is 2.14. The standard InChI is InChI=1S/C17H22N2O2/c1-17(2,3)16-18-13-6-4-5-12(15(20)21)14(13)19(16)10-9-11-7-8-11/h4-6,11H,7-10H2,1-3H3,(H,20,21). The maximum Gasteiger partial charge on any atom is 0.337 e. The van der Waals surface area contributed by atoms with Crippen LogP contribution in [0.5, 0.6) is 0 Å². The van der Waals surface area contributed by atoms with Gasteiger partial charge in [0.2, 0.25) is 0 Å². The van der Waals surface area contributed by atoms with E-state index in [9.17, 15) is 9.90 Å². The lowest BCUT2D eigenvalue weighted by Gasteiger charge is -2.20. The fraction of sp³-hybridized carbons (Fsp3) is 0.529. The van der Waals surface area contributed by atoms with Crippen LogP contribution in [0.1, 0.15) is 56.2 Å². The molecule has 1 aliphatic rings. The third-order valence-corrected chi connectivity index (χ3v) is 4.13. The first kappa shape index (κ1) is 14.1. The van der Waals surface area contributed by atoms with Crippen LogP contribution in [0.25, 0.3) is 11.0 Å². The van der Waals surface area contributed by atoms with Gasteiger partial charge in [-0.15, -0.1) is 0 Å². The van der Waals surface area contributed by atoms with Crippen LogP contribution in [-0.4, -0.2) is 20.6 Å². The third-order valence-electron chi connectivity index (χ3n) is 4.13. The van der Waals surface area contributed by atoms with Crippen molar-refractivity contribution in [2.45, 2.75) is 52.0 Å². The van der Waals surface area contributed by atoms with E-state index in [2.05, 4.69) is 25.3 Å². The number of para-hydroxylation sites is 1. The number of nitrogens with zero attached hydrogens (tertiary/aromatic N) is 2. The van der Waals surface area contributed by atoms with Crippen LogP contribution in [0.3, 0.4) is 0 Å². The Morgan fingerprint density at radius 2 is 2.10 bits per heavy atom. The summed E-state index contributed by atoms with van der Waals surface area (Å²) in [5.41, 5.74) is 1.82. The molecule has 0 atom stereocenters. The van der Waals surface area contributed by atoms with Crippen molar-refractivity contribution in [3.05, 3.63) is 29.6 Å². The molecule has 1 aliphatic carbocycles. The molecule has 1 heterocycles. The van der Waals surface area contributed by atoms with E-state index < -0.39 is 5.97 Å². The quantitative estimate of drug-likeness (QED) is 0.929. The molecule has 0 spiro atoms. The van der Waals surface area contributed by atoms with Crippen LogP contribution in [0.4, 0.5) is 0 Å². The summed E-state index contributed by atoms with van der Waals surface area (Å²) in [5.74, 6) is 0.910. The number of hydrogen-bond acceptors (Lipinski definition) is 2. The van der Waals surface area contributed by atoms with Crippen molar-refractivity contribution in [3.8, 4) is 0 Å². The summed E-state index contributed by atoms with van der Waals surface area (Å²) in [6.07, 6.45) is 3.73. The van der Waals surface area contributed by atoms with Gasteiger partial charge in [0.1, 0.15) is 5.82 Å². The number of aromatic carboxylic acids is 1. The molecule has 0 aliphatic heterocycles. The molecule has 21 heavy (non-hydrogen) atoms. The van der Waals surface area contributed by atoms with Gasteiger partial charge in [-0.25, -0.2) is 9.78 Å².